The van der Waals surface area contributed by atoms with Gasteiger partial charge in [-0.15, -0.1) is 0 Å². The van der Waals surface area contributed by atoms with E-state index in [1.165, 1.54) is 0 Å². The van der Waals surface area contributed by atoms with Crippen LogP contribution >= 0.6 is 0 Å². The summed E-state index contributed by atoms with van der Waals surface area (Å²) in [6, 6.07) is 6.65. The number of carbonyl (C=O) groups is 1. The van der Waals surface area contributed by atoms with E-state index in [0.29, 0.717) is 18.0 Å². The zero-order valence-electron chi connectivity index (χ0n) is 8.86. The van der Waals surface area contributed by atoms with Gasteiger partial charge in [0.05, 0.1) is 12.3 Å². The van der Waals surface area contributed by atoms with Crippen molar-refractivity contribution in [2.24, 2.45) is 0 Å². The average molecular weight is 209 g/mol. The van der Waals surface area contributed by atoms with Gasteiger partial charge < -0.3 is 15.2 Å². The number of aliphatic carboxylic acids is 1. The maximum absolute atomic E-state index is 10.7. The Morgan fingerprint density at radius 3 is 2.80 bits per heavy atom. The van der Waals surface area contributed by atoms with E-state index < -0.39 is 12.0 Å². The topological polar surface area (TPSA) is 58.6 Å². The molecule has 0 heterocycles. The zero-order chi connectivity index (χ0) is 11.3. The van der Waals surface area contributed by atoms with Gasteiger partial charge in [0.1, 0.15) is 11.8 Å². The van der Waals surface area contributed by atoms with Crippen LogP contribution in [0.25, 0.3) is 0 Å². The SMILES string of the molecule is CCOc1ccccc1N[C@@H](C)C(=O)O. The summed E-state index contributed by atoms with van der Waals surface area (Å²) in [5.74, 6) is -0.214. The highest BCUT2D eigenvalue weighted by atomic mass is 16.5. The van der Waals surface area contributed by atoms with Crippen LogP contribution in [0.15, 0.2) is 24.3 Å². The van der Waals surface area contributed by atoms with Crippen molar-refractivity contribution in [3.8, 4) is 5.75 Å². The molecule has 0 aliphatic carbocycles. The third-order valence-corrected chi connectivity index (χ3v) is 1.93. The Labute approximate surface area is 88.9 Å². The van der Waals surface area contributed by atoms with Crippen molar-refractivity contribution in [3.05, 3.63) is 24.3 Å². The smallest absolute Gasteiger partial charge is 0.325 e. The van der Waals surface area contributed by atoms with E-state index in [9.17, 15) is 4.79 Å². The molecule has 0 radical (unpaired) electrons. The third-order valence-electron chi connectivity index (χ3n) is 1.93. The van der Waals surface area contributed by atoms with Gasteiger partial charge in [-0.25, -0.2) is 0 Å². The second kappa shape index (κ2) is 5.24. The largest absolute Gasteiger partial charge is 0.492 e. The Morgan fingerprint density at radius 1 is 1.53 bits per heavy atom. The van der Waals surface area contributed by atoms with Crippen molar-refractivity contribution in [1.29, 1.82) is 0 Å². The number of carboxylic acid groups (broad SMARTS) is 1. The molecule has 1 aromatic carbocycles. The fourth-order valence-corrected chi connectivity index (χ4v) is 1.16. The summed E-state index contributed by atoms with van der Waals surface area (Å²) in [6.45, 7) is 4.03. The summed E-state index contributed by atoms with van der Waals surface area (Å²) in [4.78, 5) is 10.7. The Bertz CT molecular complexity index is 338. The molecule has 4 nitrogen and oxygen atoms in total. The highest BCUT2D eigenvalue weighted by molar-refractivity contribution is 5.77. The van der Waals surface area contributed by atoms with Crippen LogP contribution in [0.5, 0.6) is 5.75 Å². The van der Waals surface area contributed by atoms with Gasteiger partial charge >= 0.3 is 5.97 Å². The normalized spacial score (nSPS) is 11.9. The second-order valence-electron chi connectivity index (χ2n) is 3.13. The zero-order valence-corrected chi connectivity index (χ0v) is 8.86. The molecule has 82 valence electrons. The molecule has 0 aliphatic rings. The monoisotopic (exact) mass is 209 g/mol. The van der Waals surface area contributed by atoms with E-state index in [-0.39, 0.29) is 0 Å². The Balaban J connectivity index is 2.79. The minimum Gasteiger partial charge on any atom is -0.492 e. The van der Waals surface area contributed by atoms with Gasteiger partial charge in [-0.2, -0.15) is 0 Å². The van der Waals surface area contributed by atoms with Crippen LogP contribution in [0.4, 0.5) is 5.69 Å². The minimum atomic E-state index is -0.888. The maximum atomic E-state index is 10.7. The van der Waals surface area contributed by atoms with Crippen LogP contribution in [-0.2, 0) is 4.79 Å². The lowest BCUT2D eigenvalue weighted by atomic mass is 10.2. The third kappa shape index (κ3) is 3.16. The van der Waals surface area contributed by atoms with Crippen LogP contribution in [0.2, 0.25) is 0 Å². The molecule has 0 fully saturated rings. The van der Waals surface area contributed by atoms with Gasteiger partial charge in [-0.1, -0.05) is 12.1 Å². The minimum absolute atomic E-state index is 0.556. The van der Waals surface area contributed by atoms with E-state index in [0.717, 1.165) is 0 Å². The number of benzene rings is 1. The van der Waals surface area contributed by atoms with Crippen molar-refractivity contribution in [3.63, 3.8) is 0 Å². The quantitative estimate of drug-likeness (QED) is 0.778. The molecule has 0 saturated heterocycles. The summed E-state index contributed by atoms with van der Waals surface area (Å²) in [6.07, 6.45) is 0. The fraction of sp³-hybridized carbons (Fsp3) is 0.364. The highest BCUT2D eigenvalue weighted by Crippen LogP contribution is 2.24. The van der Waals surface area contributed by atoms with Crippen molar-refractivity contribution < 1.29 is 14.6 Å². The predicted octanol–water partition coefficient (Wildman–Crippen LogP) is 1.97. The fourth-order valence-electron chi connectivity index (χ4n) is 1.16. The average Bonchev–Trinajstić information content (AvgIpc) is 2.21. The van der Waals surface area contributed by atoms with Crippen LogP contribution in [0, 0.1) is 0 Å². The number of ether oxygens (including phenoxy) is 1. The van der Waals surface area contributed by atoms with E-state index in [4.69, 9.17) is 9.84 Å². The number of anilines is 1. The summed E-state index contributed by atoms with van der Waals surface area (Å²) in [5.41, 5.74) is 0.703. The lowest BCUT2D eigenvalue weighted by Gasteiger charge is -2.14. The van der Waals surface area contributed by atoms with Gasteiger partial charge in [0, 0.05) is 0 Å². The molecule has 0 amide bonds. The molecule has 0 aromatic heterocycles. The summed E-state index contributed by atoms with van der Waals surface area (Å²) >= 11 is 0. The Kier molecular flexibility index (Phi) is 3.97. The number of para-hydroxylation sites is 2. The van der Waals surface area contributed by atoms with Crippen molar-refractivity contribution in [2.75, 3.05) is 11.9 Å². The molecule has 0 aliphatic heterocycles. The lowest BCUT2D eigenvalue weighted by Crippen LogP contribution is -2.25. The molecule has 0 bridgehead atoms. The molecule has 1 rings (SSSR count). The van der Waals surface area contributed by atoms with Crippen LogP contribution in [-0.4, -0.2) is 23.7 Å². The molecule has 1 atom stereocenters. The Morgan fingerprint density at radius 2 is 2.20 bits per heavy atom. The Hall–Kier alpha value is -1.71. The second-order valence-corrected chi connectivity index (χ2v) is 3.13. The first-order chi connectivity index (χ1) is 7.15. The van der Waals surface area contributed by atoms with Crippen molar-refractivity contribution >= 4 is 11.7 Å². The first kappa shape index (κ1) is 11.4. The van der Waals surface area contributed by atoms with Gasteiger partial charge in [-0.3, -0.25) is 4.79 Å². The molecule has 1 aromatic rings. The van der Waals surface area contributed by atoms with Crippen molar-refractivity contribution in [2.45, 2.75) is 19.9 Å². The molecule has 0 spiro atoms. The highest BCUT2D eigenvalue weighted by Gasteiger charge is 2.12. The summed E-state index contributed by atoms with van der Waals surface area (Å²) in [7, 11) is 0. The first-order valence-corrected chi connectivity index (χ1v) is 4.86. The number of hydrogen-bond donors (Lipinski definition) is 2. The van der Waals surface area contributed by atoms with E-state index >= 15 is 0 Å². The summed E-state index contributed by atoms with van der Waals surface area (Å²) in [5, 5.41) is 11.6. The van der Waals surface area contributed by atoms with E-state index in [1.54, 1.807) is 19.1 Å². The lowest BCUT2D eigenvalue weighted by molar-refractivity contribution is -0.137. The van der Waals surface area contributed by atoms with Gasteiger partial charge in [0.2, 0.25) is 0 Å². The van der Waals surface area contributed by atoms with Gasteiger partial charge in [0.25, 0.3) is 0 Å². The van der Waals surface area contributed by atoms with Crippen LogP contribution in [0.3, 0.4) is 0 Å². The number of hydrogen-bond acceptors (Lipinski definition) is 3. The molecular weight excluding hydrogens is 194 g/mol. The van der Waals surface area contributed by atoms with E-state index in [1.807, 2.05) is 19.1 Å². The van der Waals surface area contributed by atoms with E-state index in [2.05, 4.69) is 5.32 Å². The molecule has 15 heavy (non-hydrogen) atoms. The van der Waals surface area contributed by atoms with Crippen molar-refractivity contribution in [1.82, 2.24) is 0 Å². The van der Waals surface area contributed by atoms with Gasteiger partial charge in [-0.05, 0) is 26.0 Å². The number of rotatable bonds is 5. The van der Waals surface area contributed by atoms with Gasteiger partial charge in [0.15, 0.2) is 0 Å². The predicted molar refractivity (Wildman–Crippen MR) is 58.3 cm³/mol. The molecular formula is C11H15NO3. The standard InChI is InChI=1S/C11H15NO3/c1-3-15-10-7-5-4-6-9(10)12-8(2)11(13)14/h4-8,12H,3H2,1-2H3,(H,13,14)/t8-/m0/s1. The van der Waals surface area contributed by atoms with Crippen LogP contribution in [0.1, 0.15) is 13.8 Å². The van der Waals surface area contributed by atoms with Crippen LogP contribution < -0.4 is 10.1 Å². The molecule has 0 saturated carbocycles. The maximum Gasteiger partial charge on any atom is 0.325 e. The number of carboxylic acids is 1. The summed E-state index contributed by atoms with van der Waals surface area (Å²) < 4.78 is 5.36. The number of nitrogens with one attached hydrogen (secondary N) is 1. The molecule has 4 heteroatoms. The first-order valence-electron chi connectivity index (χ1n) is 4.86. The molecule has 0 unspecified atom stereocenters. The molecule has 2 N–H and O–H groups in total.